The molecule has 96 valence electrons. The summed E-state index contributed by atoms with van der Waals surface area (Å²) in [7, 11) is 0. The summed E-state index contributed by atoms with van der Waals surface area (Å²) in [4.78, 5) is 0.593. The predicted molar refractivity (Wildman–Crippen MR) is 67.5 cm³/mol. The second kappa shape index (κ2) is 4.97. The van der Waals surface area contributed by atoms with Crippen molar-refractivity contribution in [3.8, 4) is 0 Å². The van der Waals surface area contributed by atoms with Crippen molar-refractivity contribution in [3.05, 3.63) is 35.5 Å². The number of hydrogen-bond donors (Lipinski definition) is 1. The lowest BCUT2D eigenvalue weighted by molar-refractivity contribution is 0.506. The van der Waals surface area contributed by atoms with Crippen LogP contribution in [0.25, 0.3) is 0 Å². The maximum Gasteiger partial charge on any atom is 0.159 e. The topological polar surface area (TPSA) is 43.8 Å². The van der Waals surface area contributed by atoms with Crippen LogP contribution < -0.4 is 5.73 Å². The van der Waals surface area contributed by atoms with Crippen molar-refractivity contribution in [2.45, 2.75) is 30.3 Å². The minimum Gasteiger partial charge on any atom is -0.395 e. The maximum atomic E-state index is 13.1. The minimum absolute atomic E-state index is 0.576. The van der Waals surface area contributed by atoms with Crippen LogP contribution >= 0.6 is 11.8 Å². The van der Waals surface area contributed by atoms with Crippen molar-refractivity contribution in [2.24, 2.45) is 0 Å². The first-order chi connectivity index (χ1) is 8.52. The van der Waals surface area contributed by atoms with E-state index in [-0.39, 0.29) is 0 Å². The van der Waals surface area contributed by atoms with Gasteiger partial charge in [0.25, 0.3) is 0 Å². The van der Waals surface area contributed by atoms with Gasteiger partial charge >= 0.3 is 0 Å². The first-order valence-corrected chi connectivity index (χ1v) is 6.30. The minimum atomic E-state index is -0.863. The molecule has 6 heteroatoms. The summed E-state index contributed by atoms with van der Waals surface area (Å²) in [5, 5.41) is 5.02. The molecule has 0 atom stereocenters. The fourth-order valence-electron chi connectivity index (χ4n) is 1.55. The Hall–Kier alpha value is -1.56. The number of nitrogens with zero attached hydrogens (tertiary/aromatic N) is 2. The highest BCUT2D eigenvalue weighted by Crippen LogP contribution is 2.34. The first kappa shape index (κ1) is 12.9. The average molecular weight is 269 g/mol. The van der Waals surface area contributed by atoms with Gasteiger partial charge in [-0.05, 0) is 32.0 Å². The lowest BCUT2D eigenvalue weighted by Gasteiger charge is -2.05. The van der Waals surface area contributed by atoms with E-state index in [1.165, 1.54) is 17.8 Å². The van der Waals surface area contributed by atoms with Crippen molar-refractivity contribution in [3.63, 3.8) is 0 Å². The van der Waals surface area contributed by atoms with E-state index < -0.39 is 11.6 Å². The van der Waals surface area contributed by atoms with Gasteiger partial charge in [0.05, 0.1) is 11.4 Å². The molecule has 18 heavy (non-hydrogen) atoms. The zero-order valence-electron chi connectivity index (χ0n) is 10.1. The van der Waals surface area contributed by atoms with Gasteiger partial charge in [0, 0.05) is 11.4 Å². The van der Waals surface area contributed by atoms with Crippen LogP contribution in [-0.2, 0) is 6.54 Å². The molecule has 0 aliphatic heterocycles. The standard InChI is InChI=1S/C12H13F2N3S/c1-3-17-12(11(15)7(2)16-17)18-8-4-5-9(13)10(14)6-8/h4-6H,3,15H2,1-2H3. The number of rotatable bonds is 3. The molecule has 0 aliphatic carbocycles. The molecular weight excluding hydrogens is 256 g/mol. The van der Waals surface area contributed by atoms with Gasteiger partial charge in [0.2, 0.25) is 0 Å². The molecule has 0 saturated heterocycles. The van der Waals surface area contributed by atoms with E-state index in [0.717, 1.165) is 22.9 Å². The van der Waals surface area contributed by atoms with Crippen LogP contribution in [-0.4, -0.2) is 9.78 Å². The lowest BCUT2D eigenvalue weighted by Crippen LogP contribution is -1.99. The quantitative estimate of drug-likeness (QED) is 0.930. The van der Waals surface area contributed by atoms with E-state index in [0.29, 0.717) is 17.1 Å². The van der Waals surface area contributed by atoms with Crippen molar-refractivity contribution in [1.29, 1.82) is 0 Å². The molecule has 0 aliphatic rings. The van der Waals surface area contributed by atoms with E-state index in [1.807, 2.05) is 13.8 Å². The predicted octanol–water partition coefficient (Wildman–Crippen LogP) is 3.22. The second-order valence-electron chi connectivity index (χ2n) is 3.80. The SMILES string of the molecule is CCn1nc(C)c(N)c1Sc1ccc(F)c(F)c1. The van der Waals surface area contributed by atoms with Gasteiger partial charge in [-0.15, -0.1) is 0 Å². The van der Waals surface area contributed by atoms with E-state index >= 15 is 0 Å². The summed E-state index contributed by atoms with van der Waals surface area (Å²) in [5.74, 6) is -1.72. The van der Waals surface area contributed by atoms with Crippen LogP contribution in [0.15, 0.2) is 28.1 Å². The number of benzene rings is 1. The van der Waals surface area contributed by atoms with Crippen LogP contribution in [0.2, 0.25) is 0 Å². The zero-order chi connectivity index (χ0) is 13.3. The number of aryl methyl sites for hydroxylation is 2. The maximum absolute atomic E-state index is 13.1. The Morgan fingerprint density at radius 2 is 2.06 bits per heavy atom. The molecule has 2 rings (SSSR count). The Labute approximate surface area is 108 Å². The van der Waals surface area contributed by atoms with Crippen molar-refractivity contribution in [2.75, 3.05) is 5.73 Å². The fourth-order valence-corrected chi connectivity index (χ4v) is 2.60. The van der Waals surface area contributed by atoms with Crippen molar-refractivity contribution in [1.82, 2.24) is 9.78 Å². The molecule has 0 unspecified atom stereocenters. The van der Waals surface area contributed by atoms with Crippen LogP contribution in [0.3, 0.4) is 0 Å². The third-order valence-electron chi connectivity index (χ3n) is 2.53. The molecule has 0 saturated carbocycles. The van der Waals surface area contributed by atoms with Crippen molar-refractivity contribution >= 4 is 17.4 Å². The Bertz CT molecular complexity index is 581. The number of halogens is 2. The highest BCUT2D eigenvalue weighted by Gasteiger charge is 2.13. The van der Waals surface area contributed by atoms with E-state index in [2.05, 4.69) is 5.10 Å². The largest absolute Gasteiger partial charge is 0.395 e. The van der Waals surface area contributed by atoms with Gasteiger partial charge < -0.3 is 5.73 Å². The van der Waals surface area contributed by atoms with Crippen LogP contribution in [0.4, 0.5) is 14.5 Å². The first-order valence-electron chi connectivity index (χ1n) is 5.48. The molecule has 0 bridgehead atoms. The third kappa shape index (κ3) is 2.33. The van der Waals surface area contributed by atoms with E-state index in [1.54, 1.807) is 4.68 Å². The molecule has 0 amide bonds. The molecule has 2 aromatic rings. The Morgan fingerprint density at radius 1 is 1.33 bits per heavy atom. The third-order valence-corrected chi connectivity index (χ3v) is 3.64. The molecule has 3 nitrogen and oxygen atoms in total. The van der Waals surface area contributed by atoms with E-state index in [9.17, 15) is 8.78 Å². The molecule has 0 fully saturated rings. The van der Waals surface area contributed by atoms with Crippen LogP contribution in [0, 0.1) is 18.6 Å². The van der Waals surface area contributed by atoms with Gasteiger partial charge in [-0.25, -0.2) is 8.78 Å². The summed E-state index contributed by atoms with van der Waals surface area (Å²) >= 11 is 1.28. The highest BCUT2D eigenvalue weighted by atomic mass is 32.2. The molecule has 2 N–H and O–H groups in total. The monoisotopic (exact) mass is 269 g/mol. The molecule has 0 radical (unpaired) electrons. The van der Waals surface area contributed by atoms with Gasteiger partial charge in [0.1, 0.15) is 5.03 Å². The Kier molecular flexibility index (Phi) is 3.56. The Morgan fingerprint density at radius 3 is 2.67 bits per heavy atom. The number of anilines is 1. The van der Waals surface area contributed by atoms with Crippen LogP contribution in [0.1, 0.15) is 12.6 Å². The second-order valence-corrected chi connectivity index (χ2v) is 4.86. The van der Waals surface area contributed by atoms with Gasteiger partial charge in [-0.1, -0.05) is 11.8 Å². The summed E-state index contributed by atoms with van der Waals surface area (Å²) in [6.45, 7) is 4.43. The summed E-state index contributed by atoms with van der Waals surface area (Å²) < 4.78 is 27.7. The Balaban J connectivity index is 2.36. The smallest absolute Gasteiger partial charge is 0.159 e. The highest BCUT2D eigenvalue weighted by molar-refractivity contribution is 7.99. The summed E-state index contributed by atoms with van der Waals surface area (Å²) in [5.41, 5.74) is 7.24. The number of nitrogens with two attached hydrogens (primary N) is 1. The number of hydrogen-bond acceptors (Lipinski definition) is 3. The fraction of sp³-hybridized carbons (Fsp3) is 0.250. The van der Waals surface area contributed by atoms with Gasteiger partial charge in [0.15, 0.2) is 11.6 Å². The normalized spacial score (nSPS) is 10.9. The molecule has 1 aromatic heterocycles. The van der Waals surface area contributed by atoms with Crippen LogP contribution in [0.5, 0.6) is 0 Å². The number of nitrogen functional groups attached to an aromatic ring is 1. The lowest BCUT2D eigenvalue weighted by atomic mass is 10.3. The average Bonchev–Trinajstić information content (AvgIpc) is 2.61. The zero-order valence-corrected chi connectivity index (χ0v) is 10.9. The van der Waals surface area contributed by atoms with E-state index in [4.69, 9.17) is 5.73 Å². The summed E-state index contributed by atoms with van der Waals surface area (Å²) in [6.07, 6.45) is 0. The van der Waals surface area contributed by atoms with Gasteiger partial charge in [-0.2, -0.15) is 5.10 Å². The van der Waals surface area contributed by atoms with Crippen molar-refractivity contribution < 1.29 is 8.78 Å². The molecular formula is C12H13F2N3S. The number of aromatic nitrogens is 2. The van der Waals surface area contributed by atoms with Gasteiger partial charge in [-0.3, -0.25) is 4.68 Å². The summed E-state index contributed by atoms with van der Waals surface area (Å²) in [6, 6.07) is 3.78. The molecule has 0 spiro atoms. The molecule has 1 aromatic carbocycles. The molecule has 1 heterocycles.